The normalized spacial score (nSPS) is 18.9. The highest BCUT2D eigenvalue weighted by atomic mass is 32.2. The predicted octanol–water partition coefficient (Wildman–Crippen LogP) is 3.91. The zero-order chi connectivity index (χ0) is 23.6. The van der Waals surface area contributed by atoms with Gasteiger partial charge in [-0.2, -0.15) is 4.31 Å². The Morgan fingerprint density at radius 3 is 2.21 bits per heavy atom. The first-order chi connectivity index (χ1) is 15.7. The van der Waals surface area contributed by atoms with E-state index in [0.717, 1.165) is 41.9 Å². The highest BCUT2D eigenvalue weighted by molar-refractivity contribution is 7.89. The van der Waals surface area contributed by atoms with Crippen LogP contribution in [0.4, 0.5) is 4.39 Å². The number of amides is 1. The quantitative estimate of drug-likeness (QED) is 0.659. The van der Waals surface area contributed by atoms with E-state index in [1.165, 1.54) is 16.4 Å². The summed E-state index contributed by atoms with van der Waals surface area (Å²) >= 11 is 0. The zero-order valence-electron chi connectivity index (χ0n) is 19.2. The maximum atomic E-state index is 13.1. The summed E-state index contributed by atoms with van der Waals surface area (Å²) in [5.74, 6) is 0.385. The summed E-state index contributed by atoms with van der Waals surface area (Å²) < 4.78 is 46.4. The Morgan fingerprint density at radius 1 is 0.939 bits per heavy atom. The third kappa shape index (κ3) is 5.38. The van der Waals surface area contributed by atoms with Crippen molar-refractivity contribution in [2.24, 2.45) is 5.92 Å². The molecule has 8 heteroatoms. The topological polar surface area (TPSA) is 66.9 Å². The first-order valence-corrected chi connectivity index (χ1v) is 13.0. The molecule has 2 saturated heterocycles. The van der Waals surface area contributed by atoms with Crippen LogP contribution in [0, 0.1) is 25.6 Å². The van der Waals surface area contributed by atoms with Crippen molar-refractivity contribution in [1.29, 1.82) is 0 Å². The Labute approximate surface area is 195 Å². The molecule has 33 heavy (non-hydrogen) atoms. The minimum Gasteiger partial charge on any atom is -0.490 e. The highest BCUT2D eigenvalue weighted by Crippen LogP contribution is 2.28. The van der Waals surface area contributed by atoms with Gasteiger partial charge >= 0.3 is 0 Å². The lowest BCUT2D eigenvalue weighted by Crippen LogP contribution is -2.47. The number of halogens is 1. The van der Waals surface area contributed by atoms with Gasteiger partial charge in [-0.25, -0.2) is 12.8 Å². The molecule has 4 rings (SSSR count). The van der Waals surface area contributed by atoms with Crippen LogP contribution in [0.15, 0.2) is 47.4 Å². The van der Waals surface area contributed by atoms with Gasteiger partial charge in [0.25, 0.3) is 0 Å². The standard InChI is InChI=1S/C25H31FN2O4S/c1-18-3-4-19(2)24(17-18)32-22-11-13-27(14-12-22)25(29)20-9-15-28(16-10-20)33(30,31)23-7-5-21(26)6-8-23/h3-8,17,20,22H,9-16H2,1-2H3. The molecule has 2 aromatic carbocycles. The van der Waals surface area contributed by atoms with Crippen molar-refractivity contribution >= 4 is 15.9 Å². The molecule has 6 nitrogen and oxygen atoms in total. The molecule has 0 radical (unpaired) electrons. The number of rotatable bonds is 5. The number of likely N-dealkylation sites (tertiary alicyclic amines) is 1. The summed E-state index contributed by atoms with van der Waals surface area (Å²) in [5, 5.41) is 0. The summed E-state index contributed by atoms with van der Waals surface area (Å²) in [7, 11) is -3.67. The van der Waals surface area contributed by atoms with Gasteiger partial charge in [-0.3, -0.25) is 4.79 Å². The Balaban J connectivity index is 1.28. The molecule has 2 heterocycles. The van der Waals surface area contributed by atoms with Gasteiger partial charge in [0.2, 0.25) is 15.9 Å². The minimum atomic E-state index is -3.67. The van der Waals surface area contributed by atoms with Crippen molar-refractivity contribution in [3.05, 3.63) is 59.4 Å². The highest BCUT2D eigenvalue weighted by Gasteiger charge is 2.35. The van der Waals surface area contributed by atoms with Gasteiger partial charge in [-0.15, -0.1) is 0 Å². The molecular weight excluding hydrogens is 443 g/mol. The van der Waals surface area contributed by atoms with Crippen LogP contribution in [-0.4, -0.2) is 55.8 Å². The maximum absolute atomic E-state index is 13.1. The maximum Gasteiger partial charge on any atom is 0.243 e. The fourth-order valence-corrected chi connectivity index (χ4v) is 6.03. The van der Waals surface area contributed by atoms with Crippen LogP contribution in [0.25, 0.3) is 0 Å². The monoisotopic (exact) mass is 474 g/mol. The van der Waals surface area contributed by atoms with E-state index in [1.54, 1.807) is 0 Å². The molecule has 0 atom stereocenters. The fourth-order valence-electron chi connectivity index (χ4n) is 4.56. The second-order valence-electron chi connectivity index (χ2n) is 9.04. The number of benzene rings is 2. The lowest BCUT2D eigenvalue weighted by molar-refractivity contribution is -0.138. The number of sulfonamides is 1. The molecule has 0 unspecified atom stereocenters. The lowest BCUT2D eigenvalue weighted by atomic mass is 9.95. The van der Waals surface area contributed by atoms with Crippen molar-refractivity contribution < 1.29 is 22.3 Å². The predicted molar refractivity (Wildman–Crippen MR) is 124 cm³/mol. The molecule has 0 aromatic heterocycles. The number of piperidine rings is 2. The summed E-state index contributed by atoms with van der Waals surface area (Å²) in [5.41, 5.74) is 2.28. The van der Waals surface area contributed by atoms with Crippen molar-refractivity contribution in [3.63, 3.8) is 0 Å². The molecular formula is C25H31FN2O4S. The van der Waals surface area contributed by atoms with Crippen LogP contribution < -0.4 is 4.74 Å². The minimum absolute atomic E-state index is 0.0830. The largest absolute Gasteiger partial charge is 0.490 e. The van der Waals surface area contributed by atoms with E-state index < -0.39 is 15.8 Å². The SMILES string of the molecule is Cc1ccc(C)c(OC2CCN(C(=O)C3CCN(S(=O)(=O)c4ccc(F)cc4)CC3)CC2)c1. The van der Waals surface area contributed by atoms with E-state index in [-0.39, 0.29) is 22.8 Å². The molecule has 1 amide bonds. The van der Waals surface area contributed by atoms with Gasteiger partial charge < -0.3 is 9.64 Å². The molecule has 0 aliphatic carbocycles. The van der Waals surface area contributed by atoms with E-state index in [9.17, 15) is 17.6 Å². The van der Waals surface area contributed by atoms with Crippen LogP contribution in [0.1, 0.15) is 36.8 Å². The van der Waals surface area contributed by atoms with E-state index in [1.807, 2.05) is 18.7 Å². The average Bonchev–Trinajstić information content (AvgIpc) is 2.82. The molecule has 0 saturated carbocycles. The Kier molecular flexibility index (Phi) is 7.05. The second-order valence-corrected chi connectivity index (χ2v) is 11.0. The Bertz CT molecular complexity index is 1090. The van der Waals surface area contributed by atoms with Gasteiger partial charge in [0, 0.05) is 44.9 Å². The first kappa shape index (κ1) is 23.7. The lowest BCUT2D eigenvalue weighted by Gasteiger charge is -2.37. The number of aryl methyl sites for hydroxylation is 2. The number of ether oxygens (including phenoxy) is 1. The molecule has 2 aliphatic rings. The van der Waals surface area contributed by atoms with Crippen LogP contribution in [-0.2, 0) is 14.8 Å². The molecule has 0 N–H and O–H groups in total. The summed E-state index contributed by atoms with van der Waals surface area (Å²) in [6.45, 7) is 5.98. The number of carbonyl (C=O) groups is 1. The van der Waals surface area contributed by atoms with Gasteiger partial charge in [0.1, 0.15) is 17.7 Å². The number of carbonyl (C=O) groups excluding carboxylic acids is 1. The van der Waals surface area contributed by atoms with Crippen LogP contribution >= 0.6 is 0 Å². The van der Waals surface area contributed by atoms with Gasteiger partial charge in [-0.05, 0) is 68.1 Å². The zero-order valence-corrected chi connectivity index (χ0v) is 20.0. The van der Waals surface area contributed by atoms with Crippen molar-refractivity contribution in [1.82, 2.24) is 9.21 Å². The van der Waals surface area contributed by atoms with Crippen LogP contribution in [0.3, 0.4) is 0 Å². The Morgan fingerprint density at radius 2 is 1.58 bits per heavy atom. The molecule has 2 fully saturated rings. The van der Waals surface area contributed by atoms with E-state index >= 15 is 0 Å². The average molecular weight is 475 g/mol. The summed E-state index contributed by atoms with van der Waals surface area (Å²) in [6, 6.07) is 11.1. The first-order valence-electron chi connectivity index (χ1n) is 11.5. The molecule has 178 valence electrons. The third-order valence-electron chi connectivity index (χ3n) is 6.65. The van der Waals surface area contributed by atoms with Crippen molar-refractivity contribution in [2.75, 3.05) is 26.2 Å². The Hall–Kier alpha value is -2.45. The number of hydrogen-bond acceptors (Lipinski definition) is 4. The van der Waals surface area contributed by atoms with Gasteiger partial charge in [0.05, 0.1) is 4.90 Å². The molecule has 2 aliphatic heterocycles. The molecule has 0 bridgehead atoms. The summed E-state index contributed by atoms with van der Waals surface area (Å²) in [4.78, 5) is 15.0. The number of hydrogen-bond donors (Lipinski definition) is 0. The number of nitrogens with zero attached hydrogens (tertiary/aromatic N) is 2. The van der Waals surface area contributed by atoms with Crippen LogP contribution in [0.2, 0.25) is 0 Å². The molecule has 0 spiro atoms. The van der Waals surface area contributed by atoms with E-state index in [4.69, 9.17) is 4.74 Å². The smallest absolute Gasteiger partial charge is 0.243 e. The van der Waals surface area contributed by atoms with Gasteiger partial charge in [-0.1, -0.05) is 12.1 Å². The van der Waals surface area contributed by atoms with Crippen LogP contribution in [0.5, 0.6) is 5.75 Å². The van der Waals surface area contributed by atoms with E-state index in [2.05, 4.69) is 18.2 Å². The second kappa shape index (κ2) is 9.81. The fraction of sp³-hybridized carbons (Fsp3) is 0.480. The summed E-state index contributed by atoms with van der Waals surface area (Å²) in [6.07, 6.45) is 2.67. The van der Waals surface area contributed by atoms with Crippen molar-refractivity contribution in [3.8, 4) is 5.75 Å². The van der Waals surface area contributed by atoms with E-state index in [0.29, 0.717) is 39.0 Å². The third-order valence-corrected chi connectivity index (χ3v) is 8.56. The van der Waals surface area contributed by atoms with Gasteiger partial charge in [0.15, 0.2) is 0 Å². The van der Waals surface area contributed by atoms with Crippen molar-refractivity contribution in [2.45, 2.75) is 50.5 Å². The molecule has 2 aromatic rings.